The second-order valence-electron chi connectivity index (χ2n) is 12.4. The third-order valence-electron chi connectivity index (χ3n) is 8.41. The molecule has 5 heteroatoms. The first-order valence-electron chi connectivity index (χ1n) is 18.2. The summed E-state index contributed by atoms with van der Waals surface area (Å²) in [6.07, 6.45) is 20.8. The zero-order valence-electron chi connectivity index (χ0n) is 28.8. The number of aromatic nitrogens is 2. The second-order valence-corrected chi connectivity index (χ2v) is 12.4. The van der Waals surface area contributed by atoms with Crippen LogP contribution in [0.2, 0.25) is 0 Å². The molecule has 4 rings (SSSR count). The van der Waals surface area contributed by atoms with Gasteiger partial charge in [0.1, 0.15) is 11.5 Å². The highest BCUT2D eigenvalue weighted by molar-refractivity contribution is 5.61. The summed E-state index contributed by atoms with van der Waals surface area (Å²) in [6.45, 7) is 6.05. The Kier molecular flexibility index (Phi) is 16.5. The summed E-state index contributed by atoms with van der Waals surface area (Å²) in [6, 6.07) is 23.8. The molecule has 0 N–H and O–H groups in total. The Bertz CT molecular complexity index is 1450. The van der Waals surface area contributed by atoms with Crippen molar-refractivity contribution >= 4 is 0 Å². The molecule has 3 aromatic carbocycles. The van der Waals surface area contributed by atoms with Crippen LogP contribution in [0.4, 0.5) is 0 Å². The maximum Gasteiger partial charge on any atom is 0.258 e. The van der Waals surface area contributed by atoms with E-state index in [1.807, 2.05) is 72.8 Å². The van der Waals surface area contributed by atoms with Crippen molar-refractivity contribution in [2.24, 2.45) is 0 Å². The summed E-state index contributed by atoms with van der Waals surface area (Å²) in [5.74, 6) is 9.31. The van der Waals surface area contributed by atoms with Crippen LogP contribution in [0.5, 0.6) is 11.5 Å². The number of ether oxygens (including phenoxy) is 2. The molecule has 0 aliphatic carbocycles. The monoisotopic (exact) mass is 634 g/mol. The van der Waals surface area contributed by atoms with Gasteiger partial charge in [-0.05, 0) is 85.6 Å². The molecular weight excluding hydrogens is 580 g/mol. The van der Waals surface area contributed by atoms with Crippen molar-refractivity contribution in [3.63, 3.8) is 0 Å². The van der Waals surface area contributed by atoms with Crippen molar-refractivity contribution in [1.29, 1.82) is 0 Å². The molecule has 0 aliphatic rings. The van der Waals surface area contributed by atoms with Crippen molar-refractivity contribution in [2.45, 2.75) is 117 Å². The Morgan fingerprint density at radius 3 is 1.38 bits per heavy atom. The number of benzene rings is 3. The molecule has 1 heterocycles. The summed E-state index contributed by atoms with van der Waals surface area (Å²) in [5.41, 5.74) is 3.63. The predicted octanol–water partition coefficient (Wildman–Crippen LogP) is 11.8. The zero-order chi connectivity index (χ0) is 32.8. The molecule has 0 bridgehead atoms. The van der Waals surface area contributed by atoms with Crippen molar-refractivity contribution in [3.8, 4) is 46.2 Å². The van der Waals surface area contributed by atoms with Gasteiger partial charge in [0.15, 0.2) is 0 Å². The fourth-order valence-electron chi connectivity index (χ4n) is 5.49. The first-order chi connectivity index (χ1) is 23.2. The summed E-state index contributed by atoms with van der Waals surface area (Å²) in [7, 11) is 0. The van der Waals surface area contributed by atoms with E-state index in [9.17, 15) is 0 Å². The maximum atomic E-state index is 5.94. The van der Waals surface area contributed by atoms with E-state index in [4.69, 9.17) is 14.0 Å². The van der Waals surface area contributed by atoms with Crippen molar-refractivity contribution in [1.82, 2.24) is 10.1 Å². The predicted molar refractivity (Wildman–Crippen MR) is 194 cm³/mol. The van der Waals surface area contributed by atoms with E-state index in [2.05, 4.69) is 35.8 Å². The summed E-state index contributed by atoms with van der Waals surface area (Å²) in [4.78, 5) is 4.62. The molecule has 0 atom stereocenters. The molecule has 0 aliphatic heterocycles. The molecule has 5 nitrogen and oxygen atoms in total. The number of hydrogen-bond donors (Lipinski definition) is 0. The van der Waals surface area contributed by atoms with Gasteiger partial charge in [0.05, 0.1) is 13.2 Å². The highest BCUT2D eigenvalue weighted by Crippen LogP contribution is 2.24. The highest BCUT2D eigenvalue weighted by Gasteiger charge is 2.11. The standard InChI is InChI=1S/C42H54N2O3/c1-3-5-7-9-11-13-15-17-33-45-39-29-23-36(24-30-39)20-19-35-21-25-38(26-22-35)42-43-41(44-47-42)37-27-31-40(32-28-37)46-34-18-16-14-12-10-8-6-4-2/h21-32H,3-18,33-34H2,1-2H3. The summed E-state index contributed by atoms with van der Waals surface area (Å²) in [5, 5.41) is 4.20. The van der Waals surface area contributed by atoms with Crippen molar-refractivity contribution < 1.29 is 14.0 Å². The lowest BCUT2D eigenvalue weighted by molar-refractivity contribution is 0.304. The molecule has 0 unspecified atom stereocenters. The molecule has 0 saturated heterocycles. The van der Waals surface area contributed by atoms with E-state index < -0.39 is 0 Å². The van der Waals surface area contributed by atoms with E-state index in [0.29, 0.717) is 11.7 Å². The third-order valence-corrected chi connectivity index (χ3v) is 8.41. The Morgan fingerprint density at radius 2 is 0.894 bits per heavy atom. The van der Waals surface area contributed by atoms with Crippen LogP contribution in [0.25, 0.3) is 22.8 Å². The average Bonchev–Trinajstić information content (AvgIpc) is 3.61. The molecular formula is C42H54N2O3. The third kappa shape index (κ3) is 13.7. The topological polar surface area (TPSA) is 57.4 Å². The van der Waals surface area contributed by atoms with Crippen LogP contribution in [0.1, 0.15) is 128 Å². The van der Waals surface area contributed by atoms with Crippen LogP contribution >= 0.6 is 0 Å². The van der Waals surface area contributed by atoms with Gasteiger partial charge in [-0.15, -0.1) is 0 Å². The minimum atomic E-state index is 0.483. The van der Waals surface area contributed by atoms with Gasteiger partial charge < -0.3 is 14.0 Å². The zero-order valence-corrected chi connectivity index (χ0v) is 28.8. The molecule has 47 heavy (non-hydrogen) atoms. The lowest BCUT2D eigenvalue weighted by Crippen LogP contribution is -1.97. The van der Waals surface area contributed by atoms with Crippen LogP contribution in [-0.2, 0) is 0 Å². The smallest absolute Gasteiger partial charge is 0.258 e. The molecule has 4 aromatic rings. The number of rotatable bonds is 22. The van der Waals surface area contributed by atoms with Crippen molar-refractivity contribution in [2.75, 3.05) is 13.2 Å². The molecule has 0 spiro atoms. The largest absolute Gasteiger partial charge is 0.494 e. The van der Waals surface area contributed by atoms with E-state index in [1.165, 1.54) is 89.9 Å². The number of nitrogens with zero attached hydrogens (tertiary/aromatic N) is 2. The van der Waals surface area contributed by atoms with Gasteiger partial charge in [0.25, 0.3) is 5.89 Å². The average molecular weight is 635 g/mol. The normalized spacial score (nSPS) is 10.9. The van der Waals surface area contributed by atoms with Gasteiger partial charge in [-0.2, -0.15) is 4.98 Å². The Hall–Kier alpha value is -4.04. The first-order valence-corrected chi connectivity index (χ1v) is 18.2. The van der Waals surface area contributed by atoms with Gasteiger partial charge in [-0.1, -0.05) is 121 Å². The second kappa shape index (κ2) is 21.7. The van der Waals surface area contributed by atoms with Crippen LogP contribution in [-0.4, -0.2) is 23.4 Å². The Balaban J connectivity index is 1.16. The van der Waals surface area contributed by atoms with Gasteiger partial charge >= 0.3 is 0 Å². The molecule has 250 valence electrons. The number of hydrogen-bond acceptors (Lipinski definition) is 5. The quantitative estimate of drug-likeness (QED) is 0.0636. The van der Waals surface area contributed by atoms with Gasteiger partial charge in [-0.3, -0.25) is 0 Å². The molecule has 0 fully saturated rings. The van der Waals surface area contributed by atoms with Crippen LogP contribution in [0.15, 0.2) is 77.3 Å². The molecule has 1 aromatic heterocycles. The highest BCUT2D eigenvalue weighted by atomic mass is 16.5. The van der Waals surface area contributed by atoms with Gasteiger partial charge in [0.2, 0.25) is 5.82 Å². The van der Waals surface area contributed by atoms with Crippen LogP contribution in [0, 0.1) is 11.8 Å². The van der Waals surface area contributed by atoms with Crippen LogP contribution < -0.4 is 9.47 Å². The minimum absolute atomic E-state index is 0.483. The lowest BCUT2D eigenvalue weighted by atomic mass is 10.1. The van der Waals surface area contributed by atoms with E-state index in [1.54, 1.807) is 0 Å². The Morgan fingerprint density at radius 1 is 0.489 bits per heavy atom. The fraction of sp³-hybridized carbons (Fsp3) is 0.476. The summed E-state index contributed by atoms with van der Waals surface area (Å²) < 4.78 is 17.4. The minimum Gasteiger partial charge on any atom is -0.494 e. The molecule has 0 amide bonds. The lowest BCUT2D eigenvalue weighted by Gasteiger charge is -2.06. The van der Waals surface area contributed by atoms with E-state index in [-0.39, 0.29) is 0 Å². The Labute approximate surface area is 283 Å². The van der Waals surface area contributed by atoms with Crippen molar-refractivity contribution in [3.05, 3.63) is 83.9 Å². The van der Waals surface area contributed by atoms with E-state index in [0.717, 1.165) is 59.8 Å². The van der Waals surface area contributed by atoms with Gasteiger partial charge in [-0.25, -0.2) is 0 Å². The van der Waals surface area contributed by atoms with E-state index >= 15 is 0 Å². The first kappa shape index (κ1) is 35.8. The SMILES string of the molecule is CCCCCCCCCCOc1ccc(C#Cc2ccc(-c3nc(-c4ccc(OCCCCCCCCCC)cc4)no3)cc2)cc1. The summed E-state index contributed by atoms with van der Waals surface area (Å²) >= 11 is 0. The number of unbranched alkanes of at least 4 members (excludes halogenated alkanes) is 14. The van der Waals surface area contributed by atoms with Crippen LogP contribution in [0.3, 0.4) is 0 Å². The molecule has 0 radical (unpaired) electrons. The fourth-order valence-corrected chi connectivity index (χ4v) is 5.49. The molecule has 0 saturated carbocycles. The maximum absolute atomic E-state index is 5.94. The van der Waals surface area contributed by atoms with Gasteiger partial charge in [0, 0.05) is 22.3 Å².